The first-order valence-corrected chi connectivity index (χ1v) is 8.79. The molecular formula is C18H26N2O7. The van der Waals surface area contributed by atoms with Gasteiger partial charge in [-0.2, -0.15) is 0 Å². The van der Waals surface area contributed by atoms with E-state index in [4.69, 9.17) is 19.9 Å². The highest BCUT2D eigenvalue weighted by Crippen LogP contribution is 2.38. The highest BCUT2D eigenvalue weighted by Gasteiger charge is 2.41. The largest absolute Gasteiger partial charge is 0.487 e. The second kappa shape index (κ2) is 9.86. The zero-order valence-electron chi connectivity index (χ0n) is 16.1. The molecule has 0 aliphatic rings. The van der Waals surface area contributed by atoms with Crippen molar-refractivity contribution in [2.24, 2.45) is 5.73 Å². The predicted octanol–water partition coefficient (Wildman–Crippen LogP) is 2.69. The Balaban J connectivity index is 3.62. The summed E-state index contributed by atoms with van der Waals surface area (Å²) < 4.78 is 15.4. The van der Waals surface area contributed by atoms with Gasteiger partial charge in [-0.3, -0.25) is 10.1 Å². The smallest absolute Gasteiger partial charge is 0.338 e. The maximum Gasteiger partial charge on any atom is 0.338 e. The van der Waals surface area contributed by atoms with Crippen molar-refractivity contribution in [3.05, 3.63) is 33.4 Å². The van der Waals surface area contributed by atoms with Crippen LogP contribution in [0.4, 0.5) is 5.69 Å². The van der Waals surface area contributed by atoms with Gasteiger partial charge in [-0.1, -0.05) is 13.3 Å². The lowest BCUT2D eigenvalue weighted by molar-refractivity contribution is -0.387. The minimum Gasteiger partial charge on any atom is -0.487 e. The Morgan fingerprint density at radius 1 is 1.19 bits per heavy atom. The van der Waals surface area contributed by atoms with Crippen LogP contribution in [0.25, 0.3) is 0 Å². The Morgan fingerprint density at radius 2 is 1.81 bits per heavy atom. The van der Waals surface area contributed by atoms with Gasteiger partial charge in [0, 0.05) is 6.07 Å². The minimum atomic E-state index is -1.86. The number of carbonyl (C=O) groups excluding carboxylic acids is 2. The van der Waals surface area contributed by atoms with Crippen LogP contribution in [0.5, 0.6) is 5.75 Å². The summed E-state index contributed by atoms with van der Waals surface area (Å²) in [6, 6.07) is 2.41. The van der Waals surface area contributed by atoms with Crippen molar-refractivity contribution < 1.29 is 28.7 Å². The number of hydrogen-bond acceptors (Lipinski definition) is 8. The summed E-state index contributed by atoms with van der Waals surface area (Å²) in [5, 5.41) is 11.7. The summed E-state index contributed by atoms with van der Waals surface area (Å²) in [5.74, 6) is -1.70. The van der Waals surface area contributed by atoms with Crippen LogP contribution in [0, 0.1) is 10.1 Å². The minimum absolute atomic E-state index is 0.00456. The van der Waals surface area contributed by atoms with Crippen molar-refractivity contribution in [1.29, 1.82) is 0 Å². The summed E-state index contributed by atoms with van der Waals surface area (Å²) in [6.07, 6.45) is 1.48. The third kappa shape index (κ3) is 5.40. The Morgan fingerprint density at radius 3 is 2.33 bits per heavy atom. The van der Waals surface area contributed by atoms with E-state index < -0.39 is 28.1 Å². The molecule has 1 unspecified atom stereocenters. The van der Waals surface area contributed by atoms with Crippen molar-refractivity contribution in [2.75, 3.05) is 19.8 Å². The first-order chi connectivity index (χ1) is 12.7. The molecule has 0 heterocycles. The van der Waals surface area contributed by atoms with Gasteiger partial charge in [0.2, 0.25) is 0 Å². The van der Waals surface area contributed by atoms with Gasteiger partial charge in [-0.25, -0.2) is 9.59 Å². The number of benzene rings is 1. The molecule has 1 aromatic carbocycles. The van der Waals surface area contributed by atoms with E-state index in [0.717, 1.165) is 6.42 Å². The molecule has 9 nitrogen and oxygen atoms in total. The third-order valence-corrected chi connectivity index (χ3v) is 3.78. The predicted molar refractivity (Wildman–Crippen MR) is 97.6 cm³/mol. The van der Waals surface area contributed by atoms with E-state index in [1.807, 2.05) is 6.92 Å². The maximum atomic E-state index is 12.3. The summed E-state index contributed by atoms with van der Waals surface area (Å²) in [5.41, 5.74) is 3.58. The van der Waals surface area contributed by atoms with Crippen molar-refractivity contribution in [1.82, 2.24) is 0 Å². The lowest BCUT2D eigenvalue weighted by atomic mass is 9.89. The number of unbranched alkanes of at least 4 members (excludes halogenated alkanes) is 1. The zero-order valence-corrected chi connectivity index (χ0v) is 16.1. The quantitative estimate of drug-likeness (QED) is 0.283. The zero-order chi connectivity index (χ0) is 20.6. The van der Waals surface area contributed by atoms with Crippen molar-refractivity contribution in [3.8, 4) is 5.75 Å². The Labute approximate surface area is 157 Å². The molecule has 0 bridgehead atoms. The number of nitrogens with zero attached hydrogens (tertiary/aromatic N) is 1. The van der Waals surface area contributed by atoms with E-state index in [0.29, 0.717) is 6.42 Å². The Bertz CT molecular complexity index is 701. The molecule has 1 aromatic rings. The van der Waals surface area contributed by atoms with E-state index in [1.165, 1.54) is 19.1 Å². The average molecular weight is 382 g/mol. The fourth-order valence-corrected chi connectivity index (χ4v) is 2.35. The number of nitro benzene ring substituents is 1. The van der Waals surface area contributed by atoms with Crippen molar-refractivity contribution >= 4 is 17.6 Å². The number of rotatable bonds is 10. The summed E-state index contributed by atoms with van der Waals surface area (Å²) in [6.45, 7) is 6.84. The van der Waals surface area contributed by atoms with Crippen LogP contribution in [0.2, 0.25) is 0 Å². The molecule has 0 spiro atoms. The molecule has 0 aliphatic carbocycles. The Kier molecular flexibility index (Phi) is 8.17. The standard InChI is InChI=1S/C18H26N2O7/c1-5-8-9-27-14-11-12(16(21)25-6-2)10-13(15(14)20(23)24)18(4,19)17(22)26-7-3/h10-11H,5-9,19H2,1-4H3. The lowest BCUT2D eigenvalue weighted by Gasteiger charge is -2.24. The van der Waals surface area contributed by atoms with E-state index in [1.54, 1.807) is 13.8 Å². The van der Waals surface area contributed by atoms with E-state index in [9.17, 15) is 19.7 Å². The summed E-state index contributed by atoms with van der Waals surface area (Å²) in [4.78, 5) is 35.5. The van der Waals surface area contributed by atoms with Crippen LogP contribution in [0.15, 0.2) is 12.1 Å². The first kappa shape index (κ1) is 22.4. The molecule has 0 saturated carbocycles. The summed E-state index contributed by atoms with van der Waals surface area (Å²) in [7, 11) is 0. The fraction of sp³-hybridized carbons (Fsp3) is 0.556. The number of carbonyl (C=O) groups is 2. The third-order valence-electron chi connectivity index (χ3n) is 3.78. The number of esters is 2. The SMILES string of the molecule is CCCCOc1cc(C(=O)OCC)cc(C(C)(N)C(=O)OCC)c1[N+](=O)[O-]. The van der Waals surface area contributed by atoms with Crippen molar-refractivity contribution in [2.45, 2.75) is 46.1 Å². The normalized spacial score (nSPS) is 12.8. The van der Waals surface area contributed by atoms with Gasteiger partial charge in [0.25, 0.3) is 0 Å². The van der Waals surface area contributed by atoms with E-state index in [-0.39, 0.29) is 36.7 Å². The molecule has 1 rings (SSSR count). The second-order valence-corrected chi connectivity index (χ2v) is 5.97. The molecule has 0 fully saturated rings. The van der Waals surface area contributed by atoms with Crippen LogP contribution in [0.3, 0.4) is 0 Å². The molecule has 0 saturated heterocycles. The number of hydrogen-bond donors (Lipinski definition) is 1. The van der Waals surface area contributed by atoms with Gasteiger partial charge < -0.3 is 19.9 Å². The fourth-order valence-electron chi connectivity index (χ4n) is 2.35. The monoisotopic (exact) mass is 382 g/mol. The molecular weight excluding hydrogens is 356 g/mol. The highest BCUT2D eigenvalue weighted by atomic mass is 16.6. The number of nitrogens with two attached hydrogens (primary N) is 1. The number of ether oxygens (including phenoxy) is 3. The van der Waals surface area contributed by atoms with Gasteiger partial charge in [0.05, 0.1) is 35.9 Å². The first-order valence-electron chi connectivity index (χ1n) is 8.79. The van der Waals surface area contributed by atoms with E-state index in [2.05, 4.69) is 0 Å². The average Bonchev–Trinajstić information content (AvgIpc) is 2.61. The Hall–Kier alpha value is -2.68. The number of nitro groups is 1. The highest BCUT2D eigenvalue weighted by molar-refractivity contribution is 5.93. The van der Waals surface area contributed by atoms with Crippen LogP contribution < -0.4 is 10.5 Å². The van der Waals surface area contributed by atoms with Gasteiger partial charge >= 0.3 is 17.6 Å². The van der Waals surface area contributed by atoms with Gasteiger partial charge in [-0.15, -0.1) is 0 Å². The topological polar surface area (TPSA) is 131 Å². The van der Waals surface area contributed by atoms with Gasteiger partial charge in [0.1, 0.15) is 5.54 Å². The van der Waals surface area contributed by atoms with Gasteiger partial charge in [-0.05, 0) is 33.3 Å². The van der Waals surface area contributed by atoms with E-state index >= 15 is 0 Å². The molecule has 9 heteroatoms. The van der Waals surface area contributed by atoms with Crippen molar-refractivity contribution in [3.63, 3.8) is 0 Å². The molecule has 27 heavy (non-hydrogen) atoms. The van der Waals surface area contributed by atoms with Crippen LogP contribution in [0.1, 0.15) is 56.5 Å². The van der Waals surface area contributed by atoms with Crippen LogP contribution >= 0.6 is 0 Å². The van der Waals surface area contributed by atoms with Crippen LogP contribution in [-0.4, -0.2) is 36.7 Å². The molecule has 0 aromatic heterocycles. The molecule has 2 N–H and O–H groups in total. The molecule has 0 aliphatic heterocycles. The molecule has 0 amide bonds. The summed E-state index contributed by atoms with van der Waals surface area (Å²) >= 11 is 0. The molecule has 1 atom stereocenters. The van der Waals surface area contributed by atoms with Gasteiger partial charge in [0.15, 0.2) is 5.75 Å². The van der Waals surface area contributed by atoms with Crippen LogP contribution in [-0.2, 0) is 19.8 Å². The second-order valence-electron chi connectivity index (χ2n) is 5.97. The maximum absolute atomic E-state index is 12.3. The lowest BCUT2D eigenvalue weighted by Crippen LogP contribution is -2.43. The molecule has 0 radical (unpaired) electrons. The molecule has 150 valence electrons.